The Morgan fingerprint density at radius 3 is 2.21 bits per heavy atom. The topological polar surface area (TPSA) is 38.7 Å². The molecule has 1 aliphatic rings. The van der Waals surface area contributed by atoms with E-state index >= 15 is 0 Å². The molecule has 0 aromatic heterocycles. The largest absolute Gasteiger partial charge is 0.402 e. The number of ether oxygens (including phenoxy) is 1. The predicted octanol–water partition coefficient (Wildman–Crippen LogP) is 4.93. The number of rotatable bonds is 2. The minimum atomic E-state index is -0.413. The summed E-state index contributed by atoms with van der Waals surface area (Å²) >= 11 is 2.24. The predicted molar refractivity (Wildman–Crippen MR) is 105 cm³/mol. The number of carbonyl (C=O) groups is 1. The molecule has 1 heterocycles. The summed E-state index contributed by atoms with van der Waals surface area (Å²) in [7, 11) is 0. The minimum Gasteiger partial charge on any atom is -0.402 e. The standard InChI is InChI=1S/C20H18INO2/c1-20(2,3)15-8-6-14(7-9-15)18-22-17(19(23)24-18)12-13-4-10-16(21)11-5-13/h4-12H,1-3H3/b17-12-. The molecule has 0 saturated heterocycles. The summed E-state index contributed by atoms with van der Waals surface area (Å²) in [6.45, 7) is 6.49. The number of hydrogen-bond donors (Lipinski definition) is 0. The Balaban J connectivity index is 1.87. The molecule has 0 N–H and O–H groups in total. The molecule has 24 heavy (non-hydrogen) atoms. The fourth-order valence-electron chi connectivity index (χ4n) is 2.36. The summed E-state index contributed by atoms with van der Waals surface area (Å²) in [6, 6.07) is 15.9. The lowest BCUT2D eigenvalue weighted by molar-refractivity contribution is -0.129. The van der Waals surface area contributed by atoms with Gasteiger partial charge in [0.05, 0.1) is 0 Å². The van der Waals surface area contributed by atoms with Crippen LogP contribution in [-0.4, -0.2) is 11.9 Å². The van der Waals surface area contributed by atoms with E-state index in [9.17, 15) is 4.79 Å². The fraction of sp³-hybridized carbons (Fsp3) is 0.200. The molecule has 4 heteroatoms. The second-order valence-electron chi connectivity index (χ2n) is 6.71. The van der Waals surface area contributed by atoms with Crippen LogP contribution in [0.25, 0.3) is 6.08 Å². The molecule has 122 valence electrons. The number of benzene rings is 2. The molecule has 0 saturated carbocycles. The average molecular weight is 431 g/mol. The molecule has 3 nitrogen and oxygen atoms in total. The maximum Gasteiger partial charge on any atom is 0.363 e. The van der Waals surface area contributed by atoms with Crippen molar-refractivity contribution in [1.82, 2.24) is 0 Å². The lowest BCUT2D eigenvalue weighted by atomic mass is 9.87. The summed E-state index contributed by atoms with van der Waals surface area (Å²) < 4.78 is 6.47. The smallest absolute Gasteiger partial charge is 0.363 e. The van der Waals surface area contributed by atoms with Crippen molar-refractivity contribution in [2.24, 2.45) is 4.99 Å². The van der Waals surface area contributed by atoms with Crippen LogP contribution < -0.4 is 0 Å². The normalized spacial score (nSPS) is 16.2. The molecule has 0 radical (unpaired) electrons. The number of halogens is 1. The Labute approximate surface area is 155 Å². The van der Waals surface area contributed by atoms with Gasteiger partial charge in [0, 0.05) is 9.13 Å². The number of cyclic esters (lactones) is 1. The van der Waals surface area contributed by atoms with Crippen molar-refractivity contribution < 1.29 is 9.53 Å². The molecule has 0 aliphatic carbocycles. The highest BCUT2D eigenvalue weighted by molar-refractivity contribution is 14.1. The van der Waals surface area contributed by atoms with Crippen molar-refractivity contribution in [3.63, 3.8) is 0 Å². The molecule has 3 rings (SSSR count). The Hall–Kier alpha value is -1.95. The van der Waals surface area contributed by atoms with Crippen molar-refractivity contribution >= 4 is 40.5 Å². The van der Waals surface area contributed by atoms with Gasteiger partial charge >= 0.3 is 5.97 Å². The lowest BCUT2D eigenvalue weighted by Gasteiger charge is -2.18. The van der Waals surface area contributed by atoms with Gasteiger partial charge < -0.3 is 4.74 Å². The van der Waals surface area contributed by atoms with Gasteiger partial charge in [-0.2, -0.15) is 0 Å². The van der Waals surface area contributed by atoms with E-state index in [-0.39, 0.29) is 5.41 Å². The van der Waals surface area contributed by atoms with Crippen molar-refractivity contribution in [2.75, 3.05) is 0 Å². The lowest BCUT2D eigenvalue weighted by Crippen LogP contribution is -2.11. The monoisotopic (exact) mass is 431 g/mol. The third-order valence-corrected chi connectivity index (χ3v) is 4.51. The van der Waals surface area contributed by atoms with Crippen LogP contribution >= 0.6 is 22.6 Å². The summed E-state index contributed by atoms with van der Waals surface area (Å²) in [5.74, 6) is -0.0549. The van der Waals surface area contributed by atoms with Gasteiger partial charge in [0.15, 0.2) is 5.70 Å². The van der Waals surface area contributed by atoms with E-state index in [2.05, 4.69) is 48.4 Å². The molecule has 0 amide bonds. The van der Waals surface area contributed by atoms with Crippen LogP contribution in [0.15, 0.2) is 59.2 Å². The van der Waals surface area contributed by atoms with Gasteiger partial charge in [0.2, 0.25) is 5.90 Å². The first kappa shape index (κ1) is 16.9. The van der Waals surface area contributed by atoms with E-state index in [1.54, 1.807) is 6.08 Å². The fourth-order valence-corrected chi connectivity index (χ4v) is 2.72. The zero-order chi connectivity index (χ0) is 17.3. The van der Waals surface area contributed by atoms with Crippen molar-refractivity contribution in [2.45, 2.75) is 26.2 Å². The van der Waals surface area contributed by atoms with Crippen molar-refractivity contribution in [3.05, 3.63) is 74.5 Å². The van der Waals surface area contributed by atoms with E-state index in [0.29, 0.717) is 11.6 Å². The van der Waals surface area contributed by atoms with Crippen LogP contribution in [0.4, 0.5) is 0 Å². The van der Waals surface area contributed by atoms with Crippen LogP contribution in [0.2, 0.25) is 0 Å². The molecule has 1 aliphatic heterocycles. The molecular formula is C20H18INO2. The highest BCUT2D eigenvalue weighted by Gasteiger charge is 2.24. The average Bonchev–Trinajstić information content (AvgIpc) is 2.90. The number of carbonyl (C=O) groups excluding carboxylic acids is 1. The first-order valence-electron chi connectivity index (χ1n) is 7.72. The zero-order valence-electron chi connectivity index (χ0n) is 13.8. The first-order valence-corrected chi connectivity index (χ1v) is 8.80. The SMILES string of the molecule is CC(C)(C)c1ccc(C2=N/C(=C\c3ccc(I)cc3)C(=O)O2)cc1. The van der Waals surface area contributed by atoms with Crippen LogP contribution in [0.5, 0.6) is 0 Å². The number of esters is 1. The van der Waals surface area contributed by atoms with Crippen LogP contribution in [0, 0.1) is 3.57 Å². The van der Waals surface area contributed by atoms with Crippen LogP contribution in [-0.2, 0) is 14.9 Å². The van der Waals surface area contributed by atoms with Gasteiger partial charge in [0.25, 0.3) is 0 Å². The zero-order valence-corrected chi connectivity index (χ0v) is 16.0. The van der Waals surface area contributed by atoms with Crippen molar-refractivity contribution in [1.29, 1.82) is 0 Å². The van der Waals surface area contributed by atoms with Gasteiger partial charge in [-0.1, -0.05) is 45.0 Å². The first-order chi connectivity index (χ1) is 11.3. The van der Waals surface area contributed by atoms with Gasteiger partial charge in [0.1, 0.15) is 0 Å². The van der Waals surface area contributed by atoms with Gasteiger partial charge in [-0.3, -0.25) is 0 Å². The van der Waals surface area contributed by atoms with E-state index in [1.807, 2.05) is 48.5 Å². The molecule has 0 unspecified atom stereocenters. The van der Waals surface area contributed by atoms with Crippen LogP contribution in [0.1, 0.15) is 37.5 Å². The molecule has 0 spiro atoms. The van der Waals surface area contributed by atoms with Crippen LogP contribution in [0.3, 0.4) is 0 Å². The molecule has 0 fully saturated rings. The quantitative estimate of drug-likeness (QED) is 0.384. The van der Waals surface area contributed by atoms with E-state index in [1.165, 1.54) is 5.56 Å². The summed E-state index contributed by atoms with van der Waals surface area (Å²) in [5, 5.41) is 0. The third-order valence-electron chi connectivity index (χ3n) is 3.79. The summed E-state index contributed by atoms with van der Waals surface area (Å²) in [4.78, 5) is 16.4. The second kappa shape index (κ2) is 6.51. The Morgan fingerprint density at radius 1 is 1.00 bits per heavy atom. The number of aliphatic imine (C=N–C) groups is 1. The number of hydrogen-bond acceptors (Lipinski definition) is 3. The molecule has 0 atom stereocenters. The second-order valence-corrected chi connectivity index (χ2v) is 7.96. The number of nitrogens with zero attached hydrogens (tertiary/aromatic N) is 1. The van der Waals surface area contributed by atoms with E-state index in [0.717, 1.165) is 14.7 Å². The molecular weight excluding hydrogens is 413 g/mol. The highest BCUT2D eigenvalue weighted by atomic mass is 127. The molecule has 2 aromatic carbocycles. The van der Waals surface area contributed by atoms with Gasteiger partial charge in [-0.25, -0.2) is 9.79 Å². The maximum absolute atomic E-state index is 12.0. The summed E-state index contributed by atoms with van der Waals surface area (Å²) in [5.41, 5.74) is 3.37. The minimum absolute atomic E-state index is 0.0859. The van der Waals surface area contributed by atoms with Crippen molar-refractivity contribution in [3.8, 4) is 0 Å². The maximum atomic E-state index is 12.0. The van der Waals surface area contributed by atoms with E-state index in [4.69, 9.17) is 4.74 Å². The molecule has 0 bridgehead atoms. The Bertz CT molecular complexity index is 825. The van der Waals surface area contributed by atoms with Gasteiger partial charge in [-0.15, -0.1) is 0 Å². The molecule has 2 aromatic rings. The Kier molecular flexibility index (Phi) is 4.58. The summed E-state index contributed by atoms with van der Waals surface area (Å²) in [6.07, 6.45) is 1.74. The van der Waals surface area contributed by atoms with E-state index < -0.39 is 5.97 Å². The third kappa shape index (κ3) is 3.75. The Morgan fingerprint density at radius 2 is 1.62 bits per heavy atom. The highest BCUT2D eigenvalue weighted by Crippen LogP contribution is 2.24. The van der Waals surface area contributed by atoms with Gasteiger partial charge in [-0.05, 0) is 69.5 Å².